The Kier molecular flexibility index (Phi) is 10.0. The van der Waals surface area contributed by atoms with Crippen LogP contribution >= 0.6 is 0 Å². The molecule has 0 aromatic carbocycles. The maximum absolute atomic E-state index is 13.1. The largest absolute Gasteiger partial charge is 0.494 e. The average Bonchev–Trinajstić information content (AvgIpc) is 3.31. The summed E-state index contributed by atoms with van der Waals surface area (Å²) in [7, 11) is 1.43. The van der Waals surface area contributed by atoms with Crippen molar-refractivity contribution in [1.82, 2.24) is 0 Å². The molecule has 11 atom stereocenters. The third-order valence-corrected chi connectivity index (χ3v) is 12.6. The smallest absolute Gasteiger partial charge is 0.307 e. The van der Waals surface area contributed by atoms with Crippen molar-refractivity contribution in [1.29, 1.82) is 0 Å². The van der Waals surface area contributed by atoms with Gasteiger partial charge in [-0.3, -0.25) is 14.4 Å². The van der Waals surface area contributed by atoms with Crippen molar-refractivity contribution >= 4 is 17.9 Å². The number of nitrogens with two attached hydrogens (primary N) is 3. The summed E-state index contributed by atoms with van der Waals surface area (Å²) in [6, 6.07) is 0. The van der Waals surface area contributed by atoms with Crippen molar-refractivity contribution in [2.24, 2.45) is 63.5 Å². The molecule has 0 amide bonds. The molecule has 2 unspecified atom stereocenters. The van der Waals surface area contributed by atoms with Gasteiger partial charge in [-0.15, -0.1) is 0 Å². The molecule has 5 rings (SSSR count). The number of allylic oxidation sites excluding steroid dienone is 1. The molecule has 4 aliphatic carbocycles. The SMILES string of the molecule is COC(=O)CC[C@@H](C)[C@H]1CC2=C(CCN)O[C@@H]3CC4C[C@H](OC(=O)CCN)CC[C@]4(C)[C@H]4C[C@H](OC(=O)CCN)[C@@]1(C)[C@@H]2C34. The van der Waals surface area contributed by atoms with E-state index < -0.39 is 0 Å². The highest BCUT2D eigenvalue weighted by molar-refractivity contribution is 5.70. The first-order valence-electron chi connectivity index (χ1n) is 17.0. The van der Waals surface area contributed by atoms with Crippen LogP contribution in [0.3, 0.4) is 0 Å². The maximum Gasteiger partial charge on any atom is 0.307 e. The zero-order valence-electron chi connectivity index (χ0n) is 27.2. The van der Waals surface area contributed by atoms with E-state index in [-0.39, 0.29) is 90.7 Å². The van der Waals surface area contributed by atoms with E-state index in [9.17, 15) is 14.4 Å². The van der Waals surface area contributed by atoms with Crippen LogP contribution in [0.15, 0.2) is 11.3 Å². The molecule has 5 aliphatic rings. The first kappa shape index (κ1) is 33.2. The summed E-state index contributed by atoms with van der Waals surface area (Å²) < 4.78 is 24.3. The number of fused-ring (bicyclic) bond motifs is 2. The third kappa shape index (κ3) is 5.79. The molecule has 1 aliphatic heterocycles. The fourth-order valence-electron chi connectivity index (χ4n) is 10.5. The highest BCUT2D eigenvalue weighted by atomic mass is 16.5. The van der Waals surface area contributed by atoms with Gasteiger partial charge in [0, 0.05) is 37.3 Å². The van der Waals surface area contributed by atoms with Crippen LogP contribution in [-0.2, 0) is 33.3 Å². The third-order valence-electron chi connectivity index (χ3n) is 12.6. The molecular formula is C34H55N3O7. The summed E-state index contributed by atoms with van der Waals surface area (Å²) in [4.78, 5) is 37.6. The monoisotopic (exact) mass is 617 g/mol. The lowest BCUT2D eigenvalue weighted by Gasteiger charge is -2.65. The molecule has 0 saturated heterocycles. The van der Waals surface area contributed by atoms with E-state index >= 15 is 0 Å². The standard InChI is InChI=1S/C34H55N3O7/c1-19(5-6-28(38)41-4)23-17-22-25(8-12-35)43-26-16-20-15-21(42-29(39)9-13-36)7-11-33(20,2)24-18-27(44-30(40)10-14-37)34(23,3)32(22)31(24)26/h19-21,23-24,26-27,31-32H,5-18,35-37H2,1-4H3/t19-,20?,21-,23-,24+,26-,27+,31?,32+,33+,34+/m1/s1. The van der Waals surface area contributed by atoms with Crippen LogP contribution in [0.2, 0.25) is 0 Å². The van der Waals surface area contributed by atoms with Crippen molar-refractivity contribution in [2.45, 2.75) is 110 Å². The Bertz CT molecular complexity index is 1130. The van der Waals surface area contributed by atoms with Crippen LogP contribution in [0.4, 0.5) is 0 Å². The summed E-state index contributed by atoms with van der Waals surface area (Å²) in [5.74, 6) is 1.90. The lowest BCUT2D eigenvalue weighted by atomic mass is 9.42. The summed E-state index contributed by atoms with van der Waals surface area (Å²) in [6.07, 6.45) is 6.97. The first-order chi connectivity index (χ1) is 21.0. The van der Waals surface area contributed by atoms with Crippen LogP contribution in [-0.4, -0.2) is 63.0 Å². The Morgan fingerprint density at radius 3 is 2.32 bits per heavy atom. The predicted octanol–water partition coefficient (Wildman–Crippen LogP) is 3.59. The van der Waals surface area contributed by atoms with E-state index in [0.717, 1.165) is 44.3 Å². The second-order valence-corrected chi connectivity index (χ2v) is 14.7. The molecule has 0 aromatic rings. The molecule has 4 saturated carbocycles. The predicted molar refractivity (Wildman–Crippen MR) is 164 cm³/mol. The fraction of sp³-hybridized carbons (Fsp3) is 0.853. The van der Waals surface area contributed by atoms with E-state index in [1.165, 1.54) is 12.7 Å². The van der Waals surface area contributed by atoms with Gasteiger partial charge in [0.15, 0.2) is 0 Å². The van der Waals surface area contributed by atoms with E-state index in [2.05, 4.69) is 20.8 Å². The highest BCUT2D eigenvalue weighted by Crippen LogP contribution is 2.72. The molecule has 10 heteroatoms. The Hall–Kier alpha value is -2.17. The number of hydrogen-bond donors (Lipinski definition) is 3. The summed E-state index contributed by atoms with van der Waals surface area (Å²) in [6.45, 7) is 8.03. The summed E-state index contributed by atoms with van der Waals surface area (Å²) in [5.41, 5.74) is 18.6. The van der Waals surface area contributed by atoms with E-state index in [1.54, 1.807) is 0 Å². The molecule has 0 spiro atoms. The quantitative estimate of drug-likeness (QED) is 0.218. The van der Waals surface area contributed by atoms with Gasteiger partial charge < -0.3 is 36.1 Å². The van der Waals surface area contributed by atoms with Gasteiger partial charge in [0.2, 0.25) is 0 Å². The minimum Gasteiger partial charge on any atom is -0.494 e. The van der Waals surface area contributed by atoms with Crippen LogP contribution < -0.4 is 17.2 Å². The van der Waals surface area contributed by atoms with Gasteiger partial charge in [0.05, 0.1) is 25.7 Å². The number of carbonyl (C=O) groups excluding carboxylic acids is 3. The highest BCUT2D eigenvalue weighted by Gasteiger charge is 2.70. The molecule has 10 nitrogen and oxygen atoms in total. The molecule has 6 N–H and O–H groups in total. The maximum atomic E-state index is 13.1. The number of rotatable bonds is 12. The summed E-state index contributed by atoms with van der Waals surface area (Å²) in [5, 5.41) is 0. The number of ether oxygens (including phenoxy) is 4. The van der Waals surface area contributed by atoms with Gasteiger partial charge in [0.25, 0.3) is 0 Å². The van der Waals surface area contributed by atoms with Gasteiger partial charge in [-0.1, -0.05) is 20.8 Å². The topological polar surface area (TPSA) is 166 Å². The summed E-state index contributed by atoms with van der Waals surface area (Å²) >= 11 is 0. The molecule has 248 valence electrons. The number of carbonyl (C=O) groups is 3. The number of methoxy groups -OCH3 is 1. The average molecular weight is 618 g/mol. The van der Waals surface area contributed by atoms with E-state index in [1.807, 2.05) is 0 Å². The van der Waals surface area contributed by atoms with Gasteiger partial charge in [-0.25, -0.2) is 0 Å². The van der Waals surface area contributed by atoms with Gasteiger partial charge in [0.1, 0.15) is 18.3 Å². The Morgan fingerprint density at radius 1 is 0.955 bits per heavy atom. The zero-order valence-corrected chi connectivity index (χ0v) is 27.2. The molecule has 4 fully saturated rings. The Morgan fingerprint density at radius 2 is 1.66 bits per heavy atom. The Balaban J connectivity index is 1.53. The Labute approximate surface area is 262 Å². The normalized spacial score (nSPS) is 39.4. The first-order valence-corrected chi connectivity index (χ1v) is 17.0. The van der Waals surface area contributed by atoms with Crippen LogP contribution in [0.1, 0.15) is 91.4 Å². The van der Waals surface area contributed by atoms with Crippen molar-refractivity contribution < 1.29 is 33.3 Å². The molecule has 1 heterocycles. The van der Waals surface area contributed by atoms with Crippen LogP contribution in [0, 0.1) is 46.3 Å². The lowest BCUT2D eigenvalue weighted by Crippen LogP contribution is -2.64. The van der Waals surface area contributed by atoms with E-state index in [4.69, 9.17) is 36.1 Å². The fourth-order valence-corrected chi connectivity index (χ4v) is 10.5. The van der Waals surface area contributed by atoms with Gasteiger partial charge in [-0.05, 0) is 92.1 Å². The van der Waals surface area contributed by atoms with E-state index in [0.29, 0.717) is 43.6 Å². The molecule has 44 heavy (non-hydrogen) atoms. The second kappa shape index (κ2) is 13.3. The molecule has 0 aromatic heterocycles. The van der Waals surface area contributed by atoms with Gasteiger partial charge in [-0.2, -0.15) is 0 Å². The van der Waals surface area contributed by atoms with Crippen LogP contribution in [0.25, 0.3) is 0 Å². The second-order valence-electron chi connectivity index (χ2n) is 14.7. The lowest BCUT2D eigenvalue weighted by molar-refractivity contribution is -0.224. The number of hydrogen-bond acceptors (Lipinski definition) is 10. The van der Waals surface area contributed by atoms with Crippen molar-refractivity contribution in [3.05, 3.63) is 11.3 Å². The van der Waals surface area contributed by atoms with Crippen LogP contribution in [0.5, 0.6) is 0 Å². The molecule has 0 radical (unpaired) electrons. The molecule has 0 bridgehead atoms. The number of esters is 3. The van der Waals surface area contributed by atoms with Crippen molar-refractivity contribution in [3.63, 3.8) is 0 Å². The minimum atomic E-state index is -0.309. The van der Waals surface area contributed by atoms with Gasteiger partial charge >= 0.3 is 17.9 Å². The van der Waals surface area contributed by atoms with Crippen molar-refractivity contribution in [2.75, 3.05) is 26.7 Å². The molecular weight excluding hydrogens is 562 g/mol. The zero-order chi connectivity index (χ0) is 31.8. The minimum absolute atomic E-state index is 0.00617. The van der Waals surface area contributed by atoms with Crippen molar-refractivity contribution in [3.8, 4) is 0 Å².